The normalized spacial score (nSPS) is 14.4. The summed E-state index contributed by atoms with van der Waals surface area (Å²) in [5.41, 5.74) is 1.38. The summed E-state index contributed by atoms with van der Waals surface area (Å²) in [7, 11) is 1.61. The molecule has 0 atom stereocenters. The fourth-order valence-electron chi connectivity index (χ4n) is 1.68. The molecular formula is C11H11NO4. The van der Waals surface area contributed by atoms with Gasteiger partial charge in [0.1, 0.15) is 5.56 Å². The van der Waals surface area contributed by atoms with Crippen molar-refractivity contribution in [2.45, 2.75) is 6.92 Å². The molecule has 0 unspecified atom stereocenters. The second-order valence-electron chi connectivity index (χ2n) is 3.71. The fourth-order valence-corrected chi connectivity index (χ4v) is 1.68. The fraction of sp³-hybridized carbons (Fsp3) is 0.273. The van der Waals surface area contributed by atoms with Crippen molar-refractivity contribution < 1.29 is 19.4 Å². The topological polar surface area (TPSA) is 66.8 Å². The molecule has 5 heteroatoms. The summed E-state index contributed by atoms with van der Waals surface area (Å²) < 4.78 is 5.18. The van der Waals surface area contributed by atoms with Crippen molar-refractivity contribution in [1.82, 2.24) is 0 Å². The number of hydrogen-bond donors (Lipinski definition) is 1. The number of hydrogen-bond acceptors (Lipinski definition) is 3. The number of carboxylic acid groups (broad SMARTS) is 1. The summed E-state index contributed by atoms with van der Waals surface area (Å²) >= 11 is 0. The number of aryl methyl sites for hydroxylation is 1. The van der Waals surface area contributed by atoms with E-state index in [1.807, 2.05) is 0 Å². The monoisotopic (exact) mass is 221 g/mol. The Morgan fingerprint density at radius 3 is 2.81 bits per heavy atom. The van der Waals surface area contributed by atoms with Crippen molar-refractivity contribution in [3.8, 4) is 5.75 Å². The minimum Gasteiger partial charge on any atom is -0.481 e. The Morgan fingerprint density at radius 2 is 2.19 bits per heavy atom. The van der Waals surface area contributed by atoms with Gasteiger partial charge in [-0.3, -0.25) is 4.79 Å². The lowest BCUT2D eigenvalue weighted by molar-refractivity contribution is -0.121. The average Bonchev–Trinajstić information content (AvgIpc) is 2.23. The molecule has 84 valence electrons. The molecule has 1 aromatic rings. The first kappa shape index (κ1) is 10.5. The van der Waals surface area contributed by atoms with Crippen molar-refractivity contribution in [2.75, 3.05) is 18.6 Å². The summed E-state index contributed by atoms with van der Waals surface area (Å²) in [5.74, 6) is -0.975. The quantitative estimate of drug-likeness (QED) is 0.769. The van der Waals surface area contributed by atoms with Crippen molar-refractivity contribution in [3.63, 3.8) is 0 Å². The molecule has 0 saturated carbocycles. The molecule has 1 aromatic carbocycles. The Labute approximate surface area is 92.2 Å². The third-order valence-electron chi connectivity index (χ3n) is 2.52. The molecule has 2 rings (SSSR count). The highest BCUT2D eigenvalue weighted by Gasteiger charge is 2.27. The first-order valence-corrected chi connectivity index (χ1v) is 4.78. The molecule has 1 heterocycles. The first-order chi connectivity index (χ1) is 7.50. The highest BCUT2D eigenvalue weighted by atomic mass is 16.5. The van der Waals surface area contributed by atoms with Gasteiger partial charge in [0.2, 0.25) is 0 Å². The van der Waals surface area contributed by atoms with Gasteiger partial charge in [0.15, 0.2) is 12.4 Å². The van der Waals surface area contributed by atoms with E-state index < -0.39 is 5.97 Å². The van der Waals surface area contributed by atoms with E-state index in [1.165, 1.54) is 11.0 Å². The number of benzene rings is 1. The number of nitrogens with zero attached hydrogens (tertiary/aromatic N) is 1. The standard InChI is InChI=1S/C11H11NO4/c1-6-3-7(11(14)15)10-8(4-6)12(2)9(13)5-16-10/h3-4H,5H2,1-2H3,(H,14,15). The molecule has 0 spiro atoms. The number of carboxylic acids is 1. The number of anilines is 1. The van der Waals surface area contributed by atoms with Gasteiger partial charge in [-0.05, 0) is 24.6 Å². The summed E-state index contributed by atoms with van der Waals surface area (Å²) in [6, 6.07) is 3.27. The SMILES string of the molecule is Cc1cc(C(=O)O)c2c(c1)N(C)C(=O)CO2. The van der Waals surface area contributed by atoms with E-state index in [0.717, 1.165) is 5.56 Å². The predicted molar refractivity (Wildman–Crippen MR) is 57.0 cm³/mol. The molecule has 0 aromatic heterocycles. The zero-order chi connectivity index (χ0) is 11.9. The van der Waals surface area contributed by atoms with E-state index >= 15 is 0 Å². The minimum atomic E-state index is -1.05. The van der Waals surface area contributed by atoms with Gasteiger partial charge in [-0.15, -0.1) is 0 Å². The van der Waals surface area contributed by atoms with Crippen molar-refractivity contribution in [3.05, 3.63) is 23.3 Å². The summed E-state index contributed by atoms with van der Waals surface area (Å²) in [6.45, 7) is 1.66. The predicted octanol–water partition coefficient (Wildman–Crippen LogP) is 1.05. The third kappa shape index (κ3) is 1.50. The van der Waals surface area contributed by atoms with Crippen LogP contribution in [-0.2, 0) is 4.79 Å². The first-order valence-electron chi connectivity index (χ1n) is 4.78. The Kier molecular flexibility index (Phi) is 2.30. The van der Waals surface area contributed by atoms with Crippen LogP contribution in [0.2, 0.25) is 0 Å². The van der Waals surface area contributed by atoms with E-state index in [4.69, 9.17) is 9.84 Å². The number of likely N-dealkylation sites (N-methyl/N-ethyl adjacent to an activating group) is 1. The van der Waals surface area contributed by atoms with E-state index in [2.05, 4.69) is 0 Å². The molecule has 1 aliphatic heterocycles. The van der Waals surface area contributed by atoms with Crippen molar-refractivity contribution >= 4 is 17.6 Å². The molecule has 0 saturated heterocycles. The third-order valence-corrected chi connectivity index (χ3v) is 2.52. The number of rotatable bonds is 1. The highest BCUT2D eigenvalue weighted by Crippen LogP contribution is 2.35. The Bertz CT molecular complexity index is 481. The Morgan fingerprint density at radius 1 is 1.50 bits per heavy atom. The Balaban J connectivity index is 2.65. The summed E-state index contributed by atoms with van der Waals surface area (Å²) in [6.07, 6.45) is 0. The van der Waals surface area contributed by atoms with Gasteiger partial charge in [-0.1, -0.05) is 0 Å². The number of amides is 1. The number of fused-ring (bicyclic) bond motifs is 1. The molecule has 1 N–H and O–H groups in total. The van der Waals surface area contributed by atoms with Crippen molar-refractivity contribution in [1.29, 1.82) is 0 Å². The zero-order valence-electron chi connectivity index (χ0n) is 8.98. The zero-order valence-corrected chi connectivity index (χ0v) is 8.98. The molecule has 0 bridgehead atoms. The van der Waals surface area contributed by atoms with Crippen LogP contribution in [0.5, 0.6) is 5.75 Å². The van der Waals surface area contributed by atoms with Gasteiger partial charge in [-0.2, -0.15) is 0 Å². The van der Waals surface area contributed by atoms with Gasteiger partial charge in [-0.25, -0.2) is 4.79 Å². The lowest BCUT2D eigenvalue weighted by atomic mass is 10.1. The van der Waals surface area contributed by atoms with Crippen LogP contribution < -0.4 is 9.64 Å². The molecule has 0 aliphatic carbocycles. The maximum atomic E-state index is 11.4. The largest absolute Gasteiger partial charge is 0.481 e. The molecule has 1 amide bonds. The van der Waals surface area contributed by atoms with Crippen LogP contribution in [0.15, 0.2) is 12.1 Å². The van der Waals surface area contributed by atoms with Gasteiger partial charge >= 0.3 is 5.97 Å². The van der Waals surface area contributed by atoms with Gasteiger partial charge in [0.05, 0.1) is 5.69 Å². The van der Waals surface area contributed by atoms with E-state index in [9.17, 15) is 9.59 Å². The van der Waals surface area contributed by atoms with Crippen LogP contribution >= 0.6 is 0 Å². The summed E-state index contributed by atoms with van der Waals surface area (Å²) in [5, 5.41) is 9.03. The number of carbonyl (C=O) groups is 2. The van der Waals surface area contributed by atoms with Crippen LogP contribution in [0.1, 0.15) is 15.9 Å². The van der Waals surface area contributed by atoms with Crippen LogP contribution in [0.3, 0.4) is 0 Å². The van der Waals surface area contributed by atoms with Crippen LogP contribution in [-0.4, -0.2) is 30.6 Å². The molecule has 5 nitrogen and oxygen atoms in total. The minimum absolute atomic E-state index is 0.0920. The van der Waals surface area contributed by atoms with Crippen LogP contribution in [0.4, 0.5) is 5.69 Å². The van der Waals surface area contributed by atoms with Crippen LogP contribution in [0, 0.1) is 6.92 Å². The number of aromatic carboxylic acids is 1. The highest BCUT2D eigenvalue weighted by molar-refractivity contribution is 6.02. The molecule has 16 heavy (non-hydrogen) atoms. The second kappa shape index (κ2) is 3.52. The lowest BCUT2D eigenvalue weighted by Crippen LogP contribution is -2.36. The maximum Gasteiger partial charge on any atom is 0.339 e. The van der Waals surface area contributed by atoms with E-state index in [0.29, 0.717) is 5.69 Å². The van der Waals surface area contributed by atoms with E-state index in [-0.39, 0.29) is 23.8 Å². The molecular weight excluding hydrogens is 210 g/mol. The Hall–Kier alpha value is -2.04. The number of carbonyl (C=O) groups excluding carboxylic acids is 1. The molecule has 1 aliphatic rings. The molecule has 0 fully saturated rings. The summed E-state index contributed by atoms with van der Waals surface area (Å²) in [4.78, 5) is 23.8. The van der Waals surface area contributed by atoms with Crippen molar-refractivity contribution in [2.24, 2.45) is 0 Å². The lowest BCUT2D eigenvalue weighted by Gasteiger charge is -2.27. The average molecular weight is 221 g/mol. The smallest absolute Gasteiger partial charge is 0.339 e. The molecule has 0 radical (unpaired) electrons. The van der Waals surface area contributed by atoms with Gasteiger partial charge in [0, 0.05) is 7.05 Å². The second-order valence-corrected chi connectivity index (χ2v) is 3.71. The van der Waals surface area contributed by atoms with E-state index in [1.54, 1.807) is 20.0 Å². The maximum absolute atomic E-state index is 11.4. The van der Waals surface area contributed by atoms with Crippen LogP contribution in [0.25, 0.3) is 0 Å². The van der Waals surface area contributed by atoms with Gasteiger partial charge in [0.25, 0.3) is 5.91 Å². The van der Waals surface area contributed by atoms with Gasteiger partial charge < -0.3 is 14.7 Å². The number of ether oxygens (including phenoxy) is 1.